The van der Waals surface area contributed by atoms with Crippen LogP contribution in [0.25, 0.3) is 0 Å². The van der Waals surface area contributed by atoms with Crippen molar-refractivity contribution in [1.82, 2.24) is 9.47 Å². The van der Waals surface area contributed by atoms with Crippen LogP contribution < -0.4 is 5.49 Å². The fraction of sp³-hybridized carbons (Fsp3) is 0.538. The number of amides is 2. The van der Waals surface area contributed by atoms with Gasteiger partial charge in [0, 0.05) is 19.8 Å². The smallest absolute Gasteiger partial charge is 0.346 e. The van der Waals surface area contributed by atoms with E-state index in [9.17, 15) is 4.79 Å². The molecule has 0 spiro atoms. The summed E-state index contributed by atoms with van der Waals surface area (Å²) in [6.45, 7) is 5.70. The molecule has 0 aliphatic carbocycles. The summed E-state index contributed by atoms with van der Waals surface area (Å²) in [5, 5.41) is 0. The van der Waals surface area contributed by atoms with Crippen LogP contribution in [0, 0.1) is 0 Å². The number of hydrogen-bond acceptors (Lipinski definition) is 2. The minimum atomic E-state index is -0.299. The molecule has 98 valence electrons. The Morgan fingerprint density at radius 2 is 2.22 bits per heavy atom. The number of rotatable bonds is 0. The van der Waals surface area contributed by atoms with E-state index in [2.05, 4.69) is 4.99 Å². The number of ether oxygens (including phenoxy) is 1. The summed E-state index contributed by atoms with van der Waals surface area (Å²) in [6.07, 6.45) is 1.87. The molecule has 0 N–H and O–H groups in total. The molecule has 1 saturated heterocycles. The molecule has 0 saturated carbocycles. The van der Waals surface area contributed by atoms with Crippen LogP contribution in [0.5, 0.6) is 0 Å². The van der Waals surface area contributed by atoms with Crippen molar-refractivity contribution in [3.63, 3.8) is 0 Å². The third-order valence-electron chi connectivity index (χ3n) is 3.11. The zero-order valence-electron chi connectivity index (χ0n) is 11.1. The molecule has 18 heavy (non-hydrogen) atoms. The fourth-order valence-electron chi connectivity index (χ4n) is 2.00. The van der Waals surface area contributed by atoms with Gasteiger partial charge in [-0.25, -0.2) is 4.79 Å². The molecule has 0 bridgehead atoms. The van der Waals surface area contributed by atoms with Gasteiger partial charge in [0.2, 0.25) is 0 Å². The second-order valence-electron chi connectivity index (χ2n) is 5.08. The topological polar surface area (TPSA) is 46.8 Å². The van der Waals surface area contributed by atoms with Crippen molar-refractivity contribution in [3.05, 3.63) is 29.9 Å². The van der Waals surface area contributed by atoms with E-state index >= 15 is 0 Å². The Morgan fingerprint density at radius 1 is 1.44 bits per heavy atom. The number of hydrogen-bond donors (Lipinski definition) is 0. The summed E-state index contributed by atoms with van der Waals surface area (Å²) in [4.78, 5) is 18.2. The van der Waals surface area contributed by atoms with E-state index in [-0.39, 0.29) is 11.6 Å². The van der Waals surface area contributed by atoms with Gasteiger partial charge in [0.25, 0.3) is 0 Å². The number of aryl methyl sites for hydroxylation is 1. The Hall–Kier alpha value is -1.62. The zero-order chi connectivity index (χ0) is 13.2. The van der Waals surface area contributed by atoms with Gasteiger partial charge in [-0.1, -0.05) is 6.07 Å². The van der Waals surface area contributed by atoms with Crippen LogP contribution in [-0.2, 0) is 11.8 Å². The molecule has 2 amide bonds. The minimum absolute atomic E-state index is 0.204. The molecule has 2 heterocycles. The molecule has 1 fully saturated rings. The summed E-state index contributed by atoms with van der Waals surface area (Å²) >= 11 is 0. The third-order valence-corrected chi connectivity index (χ3v) is 3.11. The molecule has 1 aromatic rings. The van der Waals surface area contributed by atoms with Crippen LogP contribution >= 0.6 is 0 Å². The second kappa shape index (κ2) is 4.94. The summed E-state index contributed by atoms with van der Waals surface area (Å²) in [7, 11) is 1.87. The van der Waals surface area contributed by atoms with Crippen LogP contribution in [0.4, 0.5) is 4.79 Å². The lowest BCUT2D eigenvalue weighted by molar-refractivity contribution is -0.0260. The predicted molar refractivity (Wildman–Crippen MR) is 68.0 cm³/mol. The summed E-state index contributed by atoms with van der Waals surface area (Å²) < 4.78 is 7.22. The van der Waals surface area contributed by atoms with E-state index in [0.717, 1.165) is 0 Å². The van der Waals surface area contributed by atoms with E-state index < -0.39 is 0 Å². The first kappa shape index (κ1) is 12.8. The number of nitrogens with zero attached hydrogens (tertiary/aromatic N) is 3. The van der Waals surface area contributed by atoms with Crippen LogP contribution in [0.2, 0.25) is 0 Å². The van der Waals surface area contributed by atoms with Crippen molar-refractivity contribution in [2.24, 2.45) is 12.0 Å². The maximum absolute atomic E-state index is 12.2. The molecule has 5 heteroatoms. The maximum Gasteiger partial charge on any atom is 0.346 e. The Balaban J connectivity index is 2.27. The first-order chi connectivity index (χ1) is 8.50. The molecule has 2 rings (SSSR count). The van der Waals surface area contributed by atoms with Gasteiger partial charge in [0.15, 0.2) is 0 Å². The first-order valence-electron chi connectivity index (χ1n) is 6.06. The number of carbonyl (C=O) groups is 1. The Morgan fingerprint density at radius 3 is 2.89 bits per heavy atom. The predicted octanol–water partition coefficient (Wildman–Crippen LogP) is 1.16. The van der Waals surface area contributed by atoms with Gasteiger partial charge in [-0.2, -0.15) is 4.99 Å². The highest BCUT2D eigenvalue weighted by Crippen LogP contribution is 2.19. The Labute approximate surface area is 107 Å². The molecule has 0 atom stereocenters. The lowest BCUT2D eigenvalue weighted by Gasteiger charge is -2.40. The van der Waals surface area contributed by atoms with Gasteiger partial charge in [-0.05, 0) is 26.0 Å². The molecule has 1 aliphatic rings. The standard InChI is InChI=1S/C13H19N3O2/c1-13(2)10-18-9-8-16(13)12(17)14-11-6-4-5-7-15(11)3/h4-7H,8-10H2,1-3H3. The van der Waals surface area contributed by atoms with E-state index in [1.165, 1.54) is 0 Å². The van der Waals surface area contributed by atoms with E-state index in [4.69, 9.17) is 4.74 Å². The molecule has 5 nitrogen and oxygen atoms in total. The molecular weight excluding hydrogens is 230 g/mol. The van der Waals surface area contributed by atoms with Crippen LogP contribution in [0.1, 0.15) is 13.8 Å². The highest BCUT2D eigenvalue weighted by molar-refractivity contribution is 5.76. The Bertz CT molecular complexity index is 505. The molecule has 0 unspecified atom stereocenters. The van der Waals surface area contributed by atoms with Crippen molar-refractivity contribution < 1.29 is 9.53 Å². The molecule has 1 aromatic heterocycles. The van der Waals surface area contributed by atoms with Gasteiger partial charge in [0.1, 0.15) is 5.49 Å². The van der Waals surface area contributed by atoms with Crippen molar-refractivity contribution in [2.75, 3.05) is 19.8 Å². The van der Waals surface area contributed by atoms with Crippen LogP contribution in [0.3, 0.4) is 0 Å². The maximum atomic E-state index is 12.2. The van der Waals surface area contributed by atoms with E-state index in [1.54, 1.807) is 4.90 Å². The van der Waals surface area contributed by atoms with E-state index in [0.29, 0.717) is 25.2 Å². The molecular formula is C13H19N3O2. The van der Waals surface area contributed by atoms with Crippen molar-refractivity contribution in [1.29, 1.82) is 0 Å². The monoisotopic (exact) mass is 249 g/mol. The highest BCUT2D eigenvalue weighted by atomic mass is 16.5. The summed E-state index contributed by atoms with van der Waals surface area (Å²) in [6, 6.07) is 5.40. The average Bonchev–Trinajstić information content (AvgIpc) is 2.31. The number of pyridine rings is 1. The number of carbonyl (C=O) groups excluding carboxylic acids is 1. The minimum Gasteiger partial charge on any atom is -0.377 e. The normalized spacial score (nSPS) is 19.9. The number of urea groups is 1. The molecule has 0 aromatic carbocycles. The molecule has 0 radical (unpaired) electrons. The number of aromatic nitrogens is 1. The highest BCUT2D eigenvalue weighted by Gasteiger charge is 2.33. The largest absolute Gasteiger partial charge is 0.377 e. The first-order valence-corrected chi connectivity index (χ1v) is 6.06. The third kappa shape index (κ3) is 2.61. The fourth-order valence-corrected chi connectivity index (χ4v) is 2.00. The SMILES string of the molecule is Cn1ccccc1=NC(=O)N1CCOCC1(C)C. The van der Waals surface area contributed by atoms with Gasteiger partial charge < -0.3 is 14.2 Å². The lowest BCUT2D eigenvalue weighted by Crippen LogP contribution is -2.55. The van der Waals surface area contributed by atoms with Crippen molar-refractivity contribution in [2.45, 2.75) is 19.4 Å². The Kier molecular flexibility index (Phi) is 3.52. The van der Waals surface area contributed by atoms with Gasteiger partial charge in [-0.3, -0.25) is 0 Å². The summed E-state index contributed by atoms with van der Waals surface area (Å²) in [5.41, 5.74) is 0.358. The van der Waals surface area contributed by atoms with Crippen LogP contribution in [0.15, 0.2) is 29.4 Å². The van der Waals surface area contributed by atoms with Crippen molar-refractivity contribution in [3.8, 4) is 0 Å². The number of morpholine rings is 1. The van der Waals surface area contributed by atoms with Crippen LogP contribution in [-0.4, -0.2) is 40.8 Å². The van der Waals surface area contributed by atoms with Gasteiger partial charge in [0.05, 0.1) is 18.8 Å². The van der Waals surface area contributed by atoms with Gasteiger partial charge in [-0.15, -0.1) is 0 Å². The lowest BCUT2D eigenvalue weighted by atomic mass is 10.0. The van der Waals surface area contributed by atoms with Crippen molar-refractivity contribution >= 4 is 6.03 Å². The zero-order valence-corrected chi connectivity index (χ0v) is 11.1. The quantitative estimate of drug-likeness (QED) is 0.692. The molecule has 1 aliphatic heterocycles. The van der Waals surface area contributed by atoms with Gasteiger partial charge >= 0.3 is 6.03 Å². The second-order valence-corrected chi connectivity index (χ2v) is 5.08. The summed E-state index contributed by atoms with van der Waals surface area (Å²) in [5.74, 6) is 0. The van der Waals surface area contributed by atoms with E-state index in [1.807, 2.05) is 49.9 Å². The average molecular weight is 249 g/mol.